The van der Waals surface area contributed by atoms with Crippen LogP contribution in [-0.2, 0) is 18.3 Å². The number of aromatic amines is 1. The van der Waals surface area contributed by atoms with E-state index in [0.717, 1.165) is 35.4 Å². The molecule has 1 aromatic heterocycles. The van der Waals surface area contributed by atoms with Gasteiger partial charge in [-0.2, -0.15) is 0 Å². The lowest BCUT2D eigenvalue weighted by atomic mass is 9.58. The molecular formula is C29H27N3O4. The molecule has 4 aromatic rings. The van der Waals surface area contributed by atoms with Gasteiger partial charge in [-0.3, -0.25) is 14.9 Å². The van der Waals surface area contributed by atoms with Crippen molar-refractivity contribution in [1.29, 1.82) is 0 Å². The summed E-state index contributed by atoms with van der Waals surface area (Å²) >= 11 is 0. The molecule has 0 saturated carbocycles. The minimum absolute atomic E-state index is 0.0329. The molecule has 2 unspecified atom stereocenters. The van der Waals surface area contributed by atoms with Crippen molar-refractivity contribution in [2.45, 2.75) is 24.7 Å². The smallest absolute Gasteiger partial charge is 0.279 e. The molecule has 0 spiro atoms. The van der Waals surface area contributed by atoms with Crippen molar-refractivity contribution >= 4 is 22.5 Å². The van der Waals surface area contributed by atoms with Gasteiger partial charge in [-0.15, -0.1) is 0 Å². The number of likely N-dealkylation sites (tertiary alicyclic amines) is 1. The molecule has 3 aromatic carbocycles. The third-order valence-electron chi connectivity index (χ3n) is 8.14. The molecule has 2 atom stereocenters. The van der Waals surface area contributed by atoms with E-state index in [1.54, 1.807) is 19.2 Å². The van der Waals surface area contributed by atoms with E-state index in [1.807, 2.05) is 53.4 Å². The summed E-state index contributed by atoms with van der Waals surface area (Å²) in [4.78, 5) is 30.4. The Morgan fingerprint density at radius 1 is 1.11 bits per heavy atom. The van der Waals surface area contributed by atoms with Gasteiger partial charge in [0.05, 0.1) is 22.9 Å². The van der Waals surface area contributed by atoms with E-state index in [4.69, 9.17) is 4.74 Å². The molecule has 0 bridgehead atoms. The van der Waals surface area contributed by atoms with Gasteiger partial charge < -0.3 is 14.6 Å². The Morgan fingerprint density at radius 2 is 1.92 bits per heavy atom. The van der Waals surface area contributed by atoms with Crippen LogP contribution in [0.1, 0.15) is 33.6 Å². The van der Waals surface area contributed by atoms with Gasteiger partial charge in [0, 0.05) is 35.8 Å². The zero-order valence-corrected chi connectivity index (χ0v) is 20.1. The zero-order valence-electron chi connectivity index (χ0n) is 20.1. The normalized spacial score (nSPS) is 21.0. The van der Waals surface area contributed by atoms with Crippen molar-refractivity contribution in [2.75, 3.05) is 20.2 Å². The summed E-state index contributed by atoms with van der Waals surface area (Å²) in [6, 6.07) is 22.8. The summed E-state index contributed by atoms with van der Waals surface area (Å²) in [5.74, 6) is 0.948. The van der Waals surface area contributed by atoms with Crippen LogP contribution in [0.3, 0.4) is 0 Å². The highest BCUT2D eigenvalue weighted by Gasteiger charge is 2.49. The summed E-state index contributed by atoms with van der Waals surface area (Å²) < 4.78 is 5.55. The van der Waals surface area contributed by atoms with E-state index in [1.165, 1.54) is 5.56 Å². The van der Waals surface area contributed by atoms with Crippen LogP contribution in [0.25, 0.3) is 10.9 Å². The summed E-state index contributed by atoms with van der Waals surface area (Å²) in [6.45, 7) is 1.24. The largest absolute Gasteiger partial charge is 0.497 e. The number of hydrogen-bond acceptors (Lipinski definition) is 4. The third-order valence-corrected chi connectivity index (χ3v) is 8.14. The number of fused-ring (bicyclic) bond motifs is 4. The average molecular weight is 482 g/mol. The number of hydrogen-bond donors (Lipinski definition) is 1. The maximum atomic E-state index is 13.4. The highest BCUT2D eigenvalue weighted by atomic mass is 16.6. The zero-order chi connectivity index (χ0) is 24.9. The first-order valence-corrected chi connectivity index (χ1v) is 12.3. The van der Waals surface area contributed by atoms with Crippen molar-refractivity contribution in [3.05, 3.63) is 105 Å². The standard InChI is InChI=1S/C29H27N3O4/c1-36-22-10-5-9-20(15-22)29-13-14-31(28(33)19-7-3-2-4-8-19)18-21(29)16-23-25(17-29)30-24-11-6-12-26(27(23)24)32(34)35/h2-12,15,21,30H,13-14,16-18H2,1H3. The van der Waals surface area contributed by atoms with Crippen LogP contribution in [-0.4, -0.2) is 40.9 Å². The molecule has 1 amide bonds. The number of H-pyrrole nitrogens is 1. The molecule has 1 fully saturated rings. The van der Waals surface area contributed by atoms with E-state index < -0.39 is 0 Å². The highest BCUT2D eigenvalue weighted by molar-refractivity contribution is 5.95. The Hall–Kier alpha value is -4.13. The molecule has 1 aliphatic heterocycles. The lowest BCUT2D eigenvalue weighted by Gasteiger charge is -2.51. The van der Waals surface area contributed by atoms with E-state index in [2.05, 4.69) is 17.1 Å². The van der Waals surface area contributed by atoms with Crippen molar-refractivity contribution in [3.8, 4) is 5.75 Å². The molecule has 7 nitrogen and oxygen atoms in total. The summed E-state index contributed by atoms with van der Waals surface area (Å²) in [5, 5.41) is 12.6. The molecule has 6 rings (SSSR count). The van der Waals surface area contributed by atoms with Crippen LogP contribution < -0.4 is 4.74 Å². The first-order valence-electron chi connectivity index (χ1n) is 12.3. The van der Waals surface area contributed by atoms with Crippen molar-refractivity contribution in [1.82, 2.24) is 9.88 Å². The Labute approximate surface area is 208 Å². The van der Waals surface area contributed by atoms with Crippen molar-refractivity contribution < 1.29 is 14.5 Å². The van der Waals surface area contributed by atoms with Crippen LogP contribution in [0.4, 0.5) is 5.69 Å². The molecular weight excluding hydrogens is 454 g/mol. The molecule has 2 aliphatic rings. The molecule has 0 radical (unpaired) electrons. The highest BCUT2D eigenvalue weighted by Crippen LogP contribution is 2.50. The van der Waals surface area contributed by atoms with Crippen LogP contribution >= 0.6 is 0 Å². The number of non-ortho nitro benzene ring substituents is 1. The van der Waals surface area contributed by atoms with Crippen LogP contribution in [0.5, 0.6) is 5.75 Å². The predicted octanol–water partition coefficient (Wildman–Crippen LogP) is 5.28. The van der Waals surface area contributed by atoms with Gasteiger partial charge in [-0.1, -0.05) is 36.4 Å². The van der Waals surface area contributed by atoms with E-state index in [0.29, 0.717) is 30.5 Å². The molecule has 182 valence electrons. The van der Waals surface area contributed by atoms with Gasteiger partial charge in [0.1, 0.15) is 5.75 Å². The monoisotopic (exact) mass is 481 g/mol. The first-order chi connectivity index (χ1) is 17.5. The summed E-state index contributed by atoms with van der Waals surface area (Å²) in [5.41, 5.74) is 4.67. The van der Waals surface area contributed by atoms with Gasteiger partial charge in [-0.25, -0.2) is 0 Å². The number of carbonyl (C=O) groups excluding carboxylic acids is 1. The molecule has 2 heterocycles. The molecule has 7 heteroatoms. The Kier molecular flexibility index (Phi) is 5.29. The number of rotatable bonds is 4. The fourth-order valence-electron chi connectivity index (χ4n) is 6.37. The van der Waals surface area contributed by atoms with Crippen LogP contribution in [0.15, 0.2) is 72.8 Å². The van der Waals surface area contributed by atoms with Crippen molar-refractivity contribution in [3.63, 3.8) is 0 Å². The fourth-order valence-corrected chi connectivity index (χ4v) is 6.37. The Bertz CT molecular complexity index is 1480. The third kappa shape index (κ3) is 3.46. The number of benzene rings is 3. The Morgan fingerprint density at radius 3 is 2.69 bits per heavy atom. The number of amides is 1. The average Bonchev–Trinajstić information content (AvgIpc) is 3.28. The number of aromatic nitrogens is 1. The van der Waals surface area contributed by atoms with E-state index >= 15 is 0 Å². The first kappa shape index (κ1) is 22.3. The minimum Gasteiger partial charge on any atom is -0.497 e. The maximum absolute atomic E-state index is 13.4. The lowest BCUT2D eigenvalue weighted by Crippen LogP contribution is -2.55. The molecule has 1 aliphatic carbocycles. The van der Waals surface area contributed by atoms with Crippen LogP contribution in [0.2, 0.25) is 0 Å². The van der Waals surface area contributed by atoms with E-state index in [-0.39, 0.29) is 27.9 Å². The summed E-state index contributed by atoms with van der Waals surface area (Å²) in [7, 11) is 1.67. The van der Waals surface area contributed by atoms with Gasteiger partial charge in [0.15, 0.2) is 0 Å². The van der Waals surface area contributed by atoms with E-state index in [9.17, 15) is 14.9 Å². The van der Waals surface area contributed by atoms with Crippen molar-refractivity contribution in [2.24, 2.45) is 5.92 Å². The fraction of sp³-hybridized carbons (Fsp3) is 0.276. The number of nitrogens with one attached hydrogen (secondary N) is 1. The molecule has 36 heavy (non-hydrogen) atoms. The van der Waals surface area contributed by atoms with Gasteiger partial charge >= 0.3 is 0 Å². The number of nitrogens with zero attached hydrogens (tertiary/aromatic N) is 2. The number of nitro benzene ring substituents is 1. The van der Waals surface area contributed by atoms with Gasteiger partial charge in [-0.05, 0) is 66.6 Å². The lowest BCUT2D eigenvalue weighted by molar-refractivity contribution is -0.383. The summed E-state index contributed by atoms with van der Waals surface area (Å²) in [6.07, 6.45) is 2.20. The molecule has 1 saturated heterocycles. The number of ether oxygens (including phenoxy) is 1. The number of nitro groups is 1. The van der Waals surface area contributed by atoms with Crippen LogP contribution in [0, 0.1) is 16.0 Å². The van der Waals surface area contributed by atoms with Gasteiger partial charge in [0.2, 0.25) is 0 Å². The maximum Gasteiger partial charge on any atom is 0.279 e. The number of carbonyl (C=O) groups is 1. The second kappa shape index (κ2) is 8.52. The predicted molar refractivity (Wildman–Crippen MR) is 137 cm³/mol. The second-order valence-corrected chi connectivity index (χ2v) is 9.87. The number of methoxy groups -OCH3 is 1. The van der Waals surface area contributed by atoms with Gasteiger partial charge in [0.25, 0.3) is 11.6 Å². The second-order valence-electron chi connectivity index (χ2n) is 9.87. The topological polar surface area (TPSA) is 88.5 Å². The minimum atomic E-state index is -0.299. The SMILES string of the molecule is COc1cccc(C23CCN(C(=O)c4ccccc4)CC2Cc2c([nH]c4cccc([N+](=O)[O-])c24)C3)c1. The Balaban J connectivity index is 1.46. The number of piperidine rings is 1. The quantitative estimate of drug-likeness (QED) is 0.317. The molecule has 1 N–H and O–H groups in total.